The molecule has 1 aliphatic carbocycles. The molecule has 5 heteroatoms. The van der Waals surface area contributed by atoms with E-state index in [4.69, 9.17) is 4.98 Å². The van der Waals surface area contributed by atoms with Crippen LogP contribution in [0.5, 0.6) is 0 Å². The lowest BCUT2D eigenvalue weighted by Crippen LogP contribution is -2.19. The van der Waals surface area contributed by atoms with Crippen LogP contribution in [0.4, 0.5) is 4.39 Å². The van der Waals surface area contributed by atoms with Crippen molar-refractivity contribution in [2.75, 3.05) is 12.8 Å². The third-order valence-corrected chi connectivity index (χ3v) is 5.96. The largest absolute Gasteiger partial charge is 0.312 e. The van der Waals surface area contributed by atoms with Gasteiger partial charge in [-0.15, -0.1) is 23.1 Å². The van der Waals surface area contributed by atoms with E-state index in [9.17, 15) is 4.39 Å². The predicted molar refractivity (Wildman–Crippen MR) is 88.6 cm³/mol. The first-order chi connectivity index (χ1) is 10.2. The van der Waals surface area contributed by atoms with Crippen LogP contribution in [0.15, 0.2) is 23.1 Å². The van der Waals surface area contributed by atoms with Crippen LogP contribution in [-0.4, -0.2) is 17.8 Å². The molecule has 3 rings (SSSR count). The van der Waals surface area contributed by atoms with E-state index in [1.807, 2.05) is 13.1 Å². The summed E-state index contributed by atoms with van der Waals surface area (Å²) < 4.78 is 14.3. The van der Waals surface area contributed by atoms with Gasteiger partial charge in [-0.25, -0.2) is 9.37 Å². The van der Waals surface area contributed by atoms with E-state index in [1.54, 1.807) is 29.2 Å². The molecule has 1 N–H and O–H groups in total. The molecular weight excluding hydrogens is 303 g/mol. The maximum absolute atomic E-state index is 14.3. The van der Waals surface area contributed by atoms with Gasteiger partial charge in [0.25, 0.3) is 0 Å². The molecule has 0 fully saturated rings. The van der Waals surface area contributed by atoms with Gasteiger partial charge >= 0.3 is 0 Å². The molecule has 1 aromatic carbocycles. The minimum absolute atomic E-state index is 0.166. The molecule has 21 heavy (non-hydrogen) atoms. The fourth-order valence-corrected chi connectivity index (χ4v) is 5.00. The van der Waals surface area contributed by atoms with Crippen molar-refractivity contribution in [3.63, 3.8) is 0 Å². The average molecular weight is 322 g/mol. The third-order valence-electron chi connectivity index (χ3n) is 3.79. The summed E-state index contributed by atoms with van der Waals surface area (Å²) in [5.74, 6) is 0.765. The van der Waals surface area contributed by atoms with E-state index in [0.29, 0.717) is 11.6 Å². The zero-order chi connectivity index (χ0) is 14.8. The quantitative estimate of drug-likeness (QED) is 0.829. The normalized spacial score (nSPS) is 17.8. The summed E-state index contributed by atoms with van der Waals surface area (Å²) in [6.45, 7) is 2.09. The Labute approximate surface area is 133 Å². The number of aryl methyl sites for hydroxylation is 1. The highest BCUT2D eigenvalue weighted by Crippen LogP contribution is 2.41. The monoisotopic (exact) mass is 322 g/mol. The van der Waals surface area contributed by atoms with Gasteiger partial charge in [0.2, 0.25) is 0 Å². The third kappa shape index (κ3) is 2.87. The van der Waals surface area contributed by atoms with Gasteiger partial charge in [-0.2, -0.15) is 0 Å². The van der Waals surface area contributed by atoms with Crippen LogP contribution >= 0.6 is 23.1 Å². The summed E-state index contributed by atoms with van der Waals surface area (Å²) in [5, 5.41) is 4.18. The molecule has 0 saturated carbocycles. The molecule has 1 aromatic heterocycles. The number of fused-ring (bicyclic) bond motifs is 1. The summed E-state index contributed by atoms with van der Waals surface area (Å²) in [6, 6.07) is 5.67. The van der Waals surface area contributed by atoms with E-state index >= 15 is 0 Å². The topological polar surface area (TPSA) is 24.9 Å². The van der Waals surface area contributed by atoms with Gasteiger partial charge < -0.3 is 5.32 Å². The highest BCUT2D eigenvalue weighted by molar-refractivity contribution is 7.99. The Morgan fingerprint density at radius 3 is 3.10 bits per heavy atom. The second kappa shape index (κ2) is 6.46. The smallest absolute Gasteiger partial charge is 0.134 e. The number of hydrogen-bond donors (Lipinski definition) is 1. The van der Waals surface area contributed by atoms with E-state index in [0.717, 1.165) is 40.6 Å². The highest BCUT2D eigenvalue weighted by Gasteiger charge is 2.25. The van der Waals surface area contributed by atoms with E-state index < -0.39 is 0 Å². The Morgan fingerprint density at radius 1 is 1.48 bits per heavy atom. The van der Waals surface area contributed by atoms with Crippen molar-refractivity contribution in [2.45, 2.75) is 37.1 Å². The fourth-order valence-electron chi connectivity index (χ4n) is 2.79. The molecule has 0 amide bonds. The number of rotatable bonds is 4. The summed E-state index contributed by atoms with van der Waals surface area (Å²) in [4.78, 5) is 7.03. The minimum atomic E-state index is -0.166. The van der Waals surface area contributed by atoms with Gasteiger partial charge in [-0.3, -0.25) is 0 Å². The minimum Gasteiger partial charge on any atom is -0.312 e. The summed E-state index contributed by atoms with van der Waals surface area (Å²) in [7, 11) is 1.99. The second-order valence-electron chi connectivity index (χ2n) is 5.11. The van der Waals surface area contributed by atoms with Crippen LogP contribution in [0.2, 0.25) is 0 Å². The zero-order valence-electron chi connectivity index (χ0n) is 12.3. The molecule has 0 aliphatic heterocycles. The number of thioether (sulfide) groups is 1. The number of nitrogens with zero attached hydrogens (tertiary/aromatic N) is 1. The molecule has 0 radical (unpaired) electrons. The number of hydrogen-bond acceptors (Lipinski definition) is 4. The Morgan fingerprint density at radius 2 is 2.33 bits per heavy atom. The first-order valence-electron chi connectivity index (χ1n) is 7.33. The van der Waals surface area contributed by atoms with E-state index in [2.05, 4.69) is 12.2 Å². The van der Waals surface area contributed by atoms with Crippen molar-refractivity contribution < 1.29 is 4.39 Å². The van der Waals surface area contributed by atoms with Crippen molar-refractivity contribution in [1.82, 2.24) is 10.3 Å². The number of halogens is 1. The van der Waals surface area contributed by atoms with Gasteiger partial charge in [0.15, 0.2) is 0 Å². The Kier molecular flexibility index (Phi) is 4.62. The van der Waals surface area contributed by atoms with Gasteiger partial charge in [-0.05, 0) is 44.2 Å². The standard InChI is InChI=1S/C16H19FN2S2/c1-3-20-13-9-4-6-10(17)14(13)16-19-12-8-5-7-11(18-2)15(12)21-16/h4,6,9,11,18H,3,5,7-8H2,1-2H3. The number of thiazole rings is 1. The lowest BCUT2D eigenvalue weighted by molar-refractivity contribution is 0.501. The molecule has 1 heterocycles. The van der Waals surface area contributed by atoms with Crippen LogP contribution in [0.3, 0.4) is 0 Å². The summed E-state index contributed by atoms with van der Waals surface area (Å²) in [5.41, 5.74) is 1.83. The summed E-state index contributed by atoms with van der Waals surface area (Å²) >= 11 is 3.32. The second-order valence-corrected chi connectivity index (χ2v) is 7.45. The van der Waals surface area contributed by atoms with Gasteiger partial charge in [-0.1, -0.05) is 13.0 Å². The molecule has 1 atom stereocenters. The lowest BCUT2D eigenvalue weighted by Gasteiger charge is -2.19. The van der Waals surface area contributed by atoms with Crippen molar-refractivity contribution in [3.05, 3.63) is 34.6 Å². The van der Waals surface area contributed by atoms with Crippen LogP contribution < -0.4 is 5.32 Å². The molecule has 1 aliphatic rings. The van der Waals surface area contributed by atoms with E-state index in [-0.39, 0.29) is 5.82 Å². The van der Waals surface area contributed by atoms with Gasteiger partial charge in [0.05, 0.1) is 11.3 Å². The molecule has 2 aromatic rings. The van der Waals surface area contributed by atoms with Crippen molar-refractivity contribution in [2.24, 2.45) is 0 Å². The predicted octanol–water partition coefficient (Wildman–Crippen LogP) is 4.66. The van der Waals surface area contributed by atoms with Crippen molar-refractivity contribution in [3.8, 4) is 10.6 Å². The SMILES string of the molecule is CCSc1cccc(F)c1-c1nc2c(s1)C(NC)CCC2. The van der Waals surface area contributed by atoms with E-state index in [1.165, 1.54) is 10.9 Å². The Balaban J connectivity index is 2.08. The molecule has 0 saturated heterocycles. The molecule has 1 unspecified atom stereocenters. The lowest BCUT2D eigenvalue weighted by atomic mass is 9.98. The number of aromatic nitrogens is 1. The van der Waals surface area contributed by atoms with Crippen LogP contribution in [0, 0.1) is 5.82 Å². The molecule has 2 nitrogen and oxygen atoms in total. The number of nitrogens with one attached hydrogen (secondary N) is 1. The maximum atomic E-state index is 14.3. The average Bonchev–Trinajstić information content (AvgIpc) is 2.91. The van der Waals surface area contributed by atoms with Crippen LogP contribution in [0.25, 0.3) is 10.6 Å². The number of benzene rings is 1. The zero-order valence-corrected chi connectivity index (χ0v) is 13.9. The fraction of sp³-hybridized carbons (Fsp3) is 0.438. The molecular formula is C16H19FN2S2. The Bertz CT molecular complexity index is 639. The van der Waals surface area contributed by atoms with Crippen LogP contribution in [0.1, 0.15) is 36.4 Å². The van der Waals surface area contributed by atoms with Gasteiger partial charge in [0.1, 0.15) is 10.8 Å². The van der Waals surface area contributed by atoms with Crippen molar-refractivity contribution in [1.29, 1.82) is 0 Å². The Hall–Kier alpha value is -0.910. The molecule has 112 valence electrons. The first-order valence-corrected chi connectivity index (χ1v) is 9.13. The summed E-state index contributed by atoms with van der Waals surface area (Å²) in [6.07, 6.45) is 3.29. The first kappa shape index (κ1) is 15.0. The van der Waals surface area contributed by atoms with Gasteiger partial charge in [0, 0.05) is 15.8 Å². The van der Waals surface area contributed by atoms with Crippen molar-refractivity contribution >= 4 is 23.1 Å². The molecule has 0 spiro atoms. The highest BCUT2D eigenvalue weighted by atomic mass is 32.2. The molecule has 0 bridgehead atoms. The maximum Gasteiger partial charge on any atom is 0.134 e. The van der Waals surface area contributed by atoms with Crippen LogP contribution in [-0.2, 0) is 6.42 Å².